The number of carbonyl (C=O) groups excluding carboxylic acids is 1. The molecule has 0 radical (unpaired) electrons. The standard InChI is InChI=1S/C9H14N2O5S/c10-8(13)7-3-1-4-11(5-2-6-12)9(7)17(14,15)16/h1,3-4,9,12H,2,5-6H2,(H2,10,13)(H,14,15,16). The minimum Gasteiger partial charge on any atom is -0.396 e. The van der Waals surface area contributed by atoms with Crippen molar-refractivity contribution in [3.05, 3.63) is 23.9 Å². The zero-order valence-electron chi connectivity index (χ0n) is 8.98. The van der Waals surface area contributed by atoms with Gasteiger partial charge in [0, 0.05) is 19.4 Å². The van der Waals surface area contributed by atoms with E-state index in [0.717, 1.165) is 0 Å². The first kappa shape index (κ1) is 13.7. The molecule has 1 amide bonds. The Morgan fingerprint density at radius 3 is 2.65 bits per heavy atom. The first-order chi connectivity index (χ1) is 7.88. The summed E-state index contributed by atoms with van der Waals surface area (Å²) in [6.45, 7) is 0.0558. The zero-order chi connectivity index (χ0) is 13.1. The number of aliphatic hydroxyl groups excluding tert-OH is 1. The SMILES string of the molecule is NC(=O)C1=CC=CN(CCCO)C1S(=O)(=O)O. The molecule has 1 unspecified atom stereocenters. The van der Waals surface area contributed by atoms with Crippen LogP contribution in [0.2, 0.25) is 0 Å². The number of nitrogens with zero attached hydrogens (tertiary/aromatic N) is 1. The van der Waals surface area contributed by atoms with Gasteiger partial charge in [-0.3, -0.25) is 9.35 Å². The lowest BCUT2D eigenvalue weighted by Crippen LogP contribution is -2.44. The van der Waals surface area contributed by atoms with E-state index in [1.807, 2.05) is 0 Å². The zero-order valence-corrected chi connectivity index (χ0v) is 9.80. The lowest BCUT2D eigenvalue weighted by atomic mass is 10.1. The molecule has 0 aromatic carbocycles. The number of rotatable bonds is 5. The van der Waals surface area contributed by atoms with Gasteiger partial charge in [0.25, 0.3) is 10.1 Å². The third-order valence-electron chi connectivity index (χ3n) is 2.26. The number of primary amides is 1. The van der Waals surface area contributed by atoms with Crippen LogP contribution in [-0.2, 0) is 14.9 Å². The molecule has 7 nitrogen and oxygen atoms in total. The Hall–Kier alpha value is -1.38. The summed E-state index contributed by atoms with van der Waals surface area (Å²) in [5.41, 5.74) is 4.85. The van der Waals surface area contributed by atoms with Gasteiger partial charge in [-0.15, -0.1) is 0 Å². The summed E-state index contributed by atoms with van der Waals surface area (Å²) in [6.07, 6.45) is 4.43. The van der Waals surface area contributed by atoms with Gasteiger partial charge < -0.3 is 15.7 Å². The molecule has 0 fully saturated rings. The number of amides is 1. The smallest absolute Gasteiger partial charge is 0.290 e. The highest BCUT2D eigenvalue weighted by molar-refractivity contribution is 7.86. The molecular weight excluding hydrogens is 248 g/mol. The second kappa shape index (κ2) is 5.30. The van der Waals surface area contributed by atoms with E-state index in [1.54, 1.807) is 0 Å². The van der Waals surface area contributed by atoms with Crippen molar-refractivity contribution in [3.8, 4) is 0 Å². The van der Waals surface area contributed by atoms with Crippen molar-refractivity contribution in [2.24, 2.45) is 5.73 Å². The number of hydrogen-bond donors (Lipinski definition) is 3. The van der Waals surface area contributed by atoms with Gasteiger partial charge in [-0.2, -0.15) is 8.42 Å². The molecule has 1 aliphatic heterocycles. The van der Waals surface area contributed by atoms with E-state index in [-0.39, 0.29) is 18.7 Å². The summed E-state index contributed by atoms with van der Waals surface area (Å²) in [6, 6.07) is 0. The summed E-state index contributed by atoms with van der Waals surface area (Å²) >= 11 is 0. The van der Waals surface area contributed by atoms with Gasteiger partial charge in [-0.1, -0.05) is 0 Å². The fourth-order valence-electron chi connectivity index (χ4n) is 1.58. The van der Waals surface area contributed by atoms with E-state index in [1.165, 1.54) is 23.3 Å². The Kier molecular flexibility index (Phi) is 4.27. The van der Waals surface area contributed by atoms with Crippen LogP contribution >= 0.6 is 0 Å². The van der Waals surface area contributed by atoms with Crippen molar-refractivity contribution in [3.63, 3.8) is 0 Å². The summed E-state index contributed by atoms with van der Waals surface area (Å²) in [5.74, 6) is -0.911. The van der Waals surface area contributed by atoms with Gasteiger partial charge in [0.1, 0.15) is 0 Å². The van der Waals surface area contributed by atoms with Crippen LogP contribution in [0.25, 0.3) is 0 Å². The molecule has 0 saturated heterocycles. The summed E-state index contributed by atoms with van der Waals surface area (Å²) in [7, 11) is -4.48. The van der Waals surface area contributed by atoms with Crippen LogP contribution in [0.5, 0.6) is 0 Å². The average Bonchev–Trinajstić information content (AvgIpc) is 2.24. The highest BCUT2D eigenvalue weighted by atomic mass is 32.2. The van der Waals surface area contributed by atoms with Gasteiger partial charge in [-0.25, -0.2) is 0 Å². The fraction of sp³-hybridized carbons (Fsp3) is 0.444. The summed E-state index contributed by atoms with van der Waals surface area (Å²) in [5, 5.41) is 7.19. The van der Waals surface area contributed by atoms with E-state index < -0.39 is 21.4 Å². The number of nitrogens with two attached hydrogens (primary N) is 1. The van der Waals surface area contributed by atoms with Crippen molar-refractivity contribution in [1.29, 1.82) is 0 Å². The normalized spacial score (nSPS) is 20.2. The Morgan fingerprint density at radius 1 is 1.53 bits per heavy atom. The quantitative estimate of drug-likeness (QED) is 0.536. The van der Waals surface area contributed by atoms with Crippen LogP contribution < -0.4 is 5.73 Å². The molecule has 1 atom stereocenters. The van der Waals surface area contributed by atoms with Crippen LogP contribution in [0, 0.1) is 0 Å². The third-order valence-corrected chi connectivity index (χ3v) is 3.35. The van der Waals surface area contributed by atoms with Gasteiger partial charge in [-0.05, 0) is 18.6 Å². The second-order valence-corrected chi connectivity index (χ2v) is 4.99. The minimum absolute atomic E-state index is 0.127. The Morgan fingerprint density at radius 2 is 2.18 bits per heavy atom. The van der Waals surface area contributed by atoms with E-state index >= 15 is 0 Å². The number of aliphatic hydroxyl groups is 1. The monoisotopic (exact) mass is 262 g/mol. The molecule has 17 heavy (non-hydrogen) atoms. The van der Waals surface area contributed by atoms with Crippen molar-refractivity contribution in [2.45, 2.75) is 11.8 Å². The predicted molar refractivity (Wildman–Crippen MR) is 60.2 cm³/mol. The molecule has 0 saturated carbocycles. The lowest BCUT2D eigenvalue weighted by molar-refractivity contribution is -0.115. The maximum absolute atomic E-state index is 11.2. The van der Waals surface area contributed by atoms with Crippen molar-refractivity contribution < 1.29 is 22.9 Å². The molecule has 96 valence electrons. The lowest BCUT2D eigenvalue weighted by Gasteiger charge is -2.30. The molecule has 0 aromatic rings. The predicted octanol–water partition coefficient (Wildman–Crippen LogP) is -1.18. The number of hydrogen-bond acceptors (Lipinski definition) is 5. The first-order valence-corrected chi connectivity index (χ1v) is 6.39. The van der Waals surface area contributed by atoms with Crippen LogP contribution in [0.3, 0.4) is 0 Å². The molecular formula is C9H14N2O5S. The van der Waals surface area contributed by atoms with Crippen molar-refractivity contribution in [1.82, 2.24) is 4.90 Å². The summed E-state index contributed by atoms with van der Waals surface area (Å²) in [4.78, 5) is 12.3. The molecule has 0 aliphatic carbocycles. The first-order valence-electron chi connectivity index (χ1n) is 4.89. The van der Waals surface area contributed by atoms with Gasteiger partial charge >= 0.3 is 0 Å². The molecule has 1 rings (SSSR count). The highest BCUT2D eigenvalue weighted by Crippen LogP contribution is 2.21. The highest BCUT2D eigenvalue weighted by Gasteiger charge is 2.35. The molecule has 1 aliphatic rings. The van der Waals surface area contributed by atoms with Gasteiger partial charge in [0.05, 0.1) is 5.57 Å². The molecule has 4 N–H and O–H groups in total. The Bertz CT molecular complexity index is 454. The Labute approximate surface area is 99.0 Å². The second-order valence-electron chi connectivity index (χ2n) is 3.51. The minimum atomic E-state index is -4.48. The van der Waals surface area contributed by atoms with Crippen LogP contribution in [-0.4, -0.2) is 47.4 Å². The van der Waals surface area contributed by atoms with Crippen molar-refractivity contribution in [2.75, 3.05) is 13.2 Å². The maximum Gasteiger partial charge on any atom is 0.290 e. The van der Waals surface area contributed by atoms with Crippen LogP contribution in [0.4, 0.5) is 0 Å². The van der Waals surface area contributed by atoms with E-state index in [2.05, 4.69) is 0 Å². The van der Waals surface area contributed by atoms with Crippen LogP contribution in [0.15, 0.2) is 23.9 Å². The number of allylic oxidation sites excluding steroid dienone is 2. The van der Waals surface area contributed by atoms with Crippen molar-refractivity contribution >= 4 is 16.0 Å². The van der Waals surface area contributed by atoms with Gasteiger partial charge in [0.15, 0.2) is 5.37 Å². The number of carbonyl (C=O) groups is 1. The Balaban J connectivity index is 3.05. The average molecular weight is 262 g/mol. The van der Waals surface area contributed by atoms with E-state index in [9.17, 15) is 13.2 Å². The van der Waals surface area contributed by atoms with Crippen LogP contribution in [0.1, 0.15) is 6.42 Å². The molecule has 1 heterocycles. The summed E-state index contributed by atoms with van der Waals surface area (Å²) < 4.78 is 31.6. The molecule has 0 spiro atoms. The maximum atomic E-state index is 11.2. The molecule has 0 bridgehead atoms. The largest absolute Gasteiger partial charge is 0.396 e. The molecule has 0 aromatic heterocycles. The van der Waals surface area contributed by atoms with E-state index in [0.29, 0.717) is 6.42 Å². The third kappa shape index (κ3) is 3.29. The molecule has 8 heteroatoms. The van der Waals surface area contributed by atoms with Gasteiger partial charge in [0.2, 0.25) is 5.91 Å². The fourth-order valence-corrected chi connectivity index (χ4v) is 2.61. The topological polar surface area (TPSA) is 121 Å². The van der Waals surface area contributed by atoms with E-state index in [4.69, 9.17) is 15.4 Å².